The highest BCUT2D eigenvalue weighted by Crippen LogP contribution is 2.35. The minimum atomic E-state index is -4.44. The van der Waals surface area contributed by atoms with Crippen molar-refractivity contribution in [1.29, 1.82) is 0 Å². The first-order valence-corrected chi connectivity index (χ1v) is 13.2. The van der Waals surface area contributed by atoms with E-state index in [4.69, 9.17) is 5.10 Å². The lowest BCUT2D eigenvalue weighted by atomic mass is 10.2. The molecule has 2 amide bonds. The molecule has 7 nitrogen and oxygen atoms in total. The number of nitrogens with one attached hydrogen (secondary N) is 1. The molecule has 1 N–H and O–H groups in total. The van der Waals surface area contributed by atoms with E-state index in [9.17, 15) is 22.4 Å². The largest absolute Gasteiger partial charge is 0.416 e. The summed E-state index contributed by atoms with van der Waals surface area (Å²) in [5.74, 6) is 0.473. The molecule has 0 unspecified atom stereocenters. The highest BCUT2D eigenvalue weighted by Gasteiger charge is 2.36. The normalized spacial score (nSPS) is 16.4. The number of aryl methyl sites for hydroxylation is 1. The van der Waals surface area contributed by atoms with Crippen molar-refractivity contribution in [2.45, 2.75) is 45.5 Å². The summed E-state index contributed by atoms with van der Waals surface area (Å²) in [6.07, 6.45) is -2.75. The van der Waals surface area contributed by atoms with Gasteiger partial charge in [-0.05, 0) is 68.8 Å². The molecule has 5 rings (SSSR count). The molecule has 11 heteroatoms. The zero-order chi connectivity index (χ0) is 27.7. The number of urea groups is 1. The fraction of sp³-hybridized carbons (Fsp3) is 0.429. The van der Waals surface area contributed by atoms with Crippen LogP contribution < -0.4 is 10.2 Å². The van der Waals surface area contributed by atoms with Gasteiger partial charge in [-0.2, -0.15) is 18.3 Å². The van der Waals surface area contributed by atoms with Crippen LogP contribution in [0.5, 0.6) is 0 Å². The number of aromatic nitrogens is 2. The zero-order valence-corrected chi connectivity index (χ0v) is 22.0. The Balaban J connectivity index is 1.44. The van der Waals surface area contributed by atoms with Crippen molar-refractivity contribution in [2.24, 2.45) is 0 Å². The molecule has 39 heavy (non-hydrogen) atoms. The van der Waals surface area contributed by atoms with Crippen LogP contribution in [-0.2, 0) is 12.7 Å². The molecule has 1 saturated carbocycles. The van der Waals surface area contributed by atoms with Crippen LogP contribution in [0.4, 0.5) is 33.9 Å². The average Bonchev–Trinajstić information content (AvgIpc) is 3.70. The number of hydrogen-bond donors (Lipinski definition) is 1. The number of rotatable bonds is 7. The van der Waals surface area contributed by atoms with Crippen LogP contribution in [0.15, 0.2) is 48.5 Å². The smallest absolute Gasteiger partial charge is 0.354 e. The molecule has 0 atom stereocenters. The Morgan fingerprint density at radius 1 is 1.08 bits per heavy atom. The fourth-order valence-corrected chi connectivity index (χ4v) is 4.98. The van der Waals surface area contributed by atoms with E-state index >= 15 is 0 Å². The third kappa shape index (κ3) is 6.03. The van der Waals surface area contributed by atoms with E-state index in [1.165, 1.54) is 24.3 Å². The lowest BCUT2D eigenvalue weighted by Gasteiger charge is -2.36. The van der Waals surface area contributed by atoms with E-state index < -0.39 is 11.7 Å². The third-order valence-electron chi connectivity index (χ3n) is 7.37. The Morgan fingerprint density at radius 2 is 1.77 bits per heavy atom. The van der Waals surface area contributed by atoms with Gasteiger partial charge in [0.15, 0.2) is 0 Å². The Labute approximate surface area is 225 Å². The number of anilines is 2. The summed E-state index contributed by atoms with van der Waals surface area (Å²) < 4.78 is 54.8. The molecule has 1 saturated heterocycles. The number of likely N-dealkylation sites (N-methyl/N-ethyl adjacent to an activating group) is 1. The van der Waals surface area contributed by atoms with E-state index in [1.54, 1.807) is 21.7 Å². The standard InChI is InChI=1S/C28H32F4N6O/c1-3-35-13-15-36(16-14-35)26-25(19(2)34-38(26)24-6-4-5-21(29)17-24)18-37(23-11-12-23)27(39)33-22-9-7-20(8-10-22)28(30,31)32/h4-10,17,23H,3,11-16,18H2,1-2H3,(H,33,39). The number of piperazine rings is 1. The third-order valence-corrected chi connectivity index (χ3v) is 7.37. The molecule has 0 spiro atoms. The minimum absolute atomic E-state index is 0.0288. The summed E-state index contributed by atoms with van der Waals surface area (Å²) in [4.78, 5) is 19.7. The molecule has 0 bridgehead atoms. The number of hydrogen-bond acceptors (Lipinski definition) is 4. The van der Waals surface area contributed by atoms with Crippen LogP contribution in [-0.4, -0.2) is 64.4 Å². The number of benzene rings is 2. The first-order chi connectivity index (χ1) is 18.6. The topological polar surface area (TPSA) is 56.6 Å². The van der Waals surface area contributed by atoms with Gasteiger partial charge in [-0.25, -0.2) is 13.9 Å². The van der Waals surface area contributed by atoms with Crippen LogP contribution in [0.3, 0.4) is 0 Å². The maximum Gasteiger partial charge on any atom is 0.416 e. The molecule has 2 aliphatic rings. The van der Waals surface area contributed by atoms with Gasteiger partial charge in [-0.15, -0.1) is 0 Å². The second-order valence-electron chi connectivity index (χ2n) is 10.1. The Kier molecular flexibility index (Phi) is 7.53. The summed E-state index contributed by atoms with van der Waals surface area (Å²) >= 11 is 0. The number of alkyl halides is 3. The Hall–Kier alpha value is -3.60. The Bertz CT molecular complexity index is 1310. The van der Waals surface area contributed by atoms with Gasteiger partial charge in [0.25, 0.3) is 0 Å². The van der Waals surface area contributed by atoms with E-state index in [0.717, 1.165) is 74.8 Å². The lowest BCUT2D eigenvalue weighted by Crippen LogP contribution is -2.47. The molecule has 1 aromatic heterocycles. The molecular weight excluding hydrogens is 512 g/mol. The molecule has 3 aromatic rings. The number of amides is 2. The maximum atomic E-state index is 14.2. The average molecular weight is 545 g/mol. The molecule has 208 valence electrons. The molecule has 2 heterocycles. The highest BCUT2D eigenvalue weighted by atomic mass is 19.4. The quantitative estimate of drug-likeness (QED) is 0.389. The second kappa shape index (κ2) is 10.9. The predicted molar refractivity (Wildman–Crippen MR) is 142 cm³/mol. The zero-order valence-electron chi connectivity index (χ0n) is 22.0. The van der Waals surface area contributed by atoms with Crippen molar-refractivity contribution in [1.82, 2.24) is 19.6 Å². The summed E-state index contributed by atoms with van der Waals surface area (Å²) in [6, 6.07) is 10.4. The summed E-state index contributed by atoms with van der Waals surface area (Å²) in [6.45, 7) is 8.55. The van der Waals surface area contributed by atoms with Crippen LogP contribution in [0, 0.1) is 12.7 Å². The van der Waals surface area contributed by atoms with Crippen molar-refractivity contribution in [2.75, 3.05) is 42.9 Å². The van der Waals surface area contributed by atoms with E-state index in [2.05, 4.69) is 22.0 Å². The minimum Gasteiger partial charge on any atom is -0.354 e. The summed E-state index contributed by atoms with van der Waals surface area (Å²) in [5, 5.41) is 7.54. The molecule has 2 aromatic carbocycles. The molecule has 1 aliphatic heterocycles. The number of nitrogens with zero attached hydrogens (tertiary/aromatic N) is 5. The molecular formula is C28H32F4N6O. The van der Waals surface area contributed by atoms with Crippen molar-refractivity contribution >= 4 is 17.5 Å². The monoisotopic (exact) mass is 544 g/mol. The van der Waals surface area contributed by atoms with Crippen molar-refractivity contribution in [3.8, 4) is 5.69 Å². The first kappa shape index (κ1) is 27.0. The van der Waals surface area contributed by atoms with Crippen molar-refractivity contribution in [3.05, 3.63) is 71.2 Å². The van der Waals surface area contributed by atoms with Gasteiger partial charge in [-0.3, -0.25) is 0 Å². The van der Waals surface area contributed by atoms with Gasteiger partial charge >= 0.3 is 12.2 Å². The summed E-state index contributed by atoms with van der Waals surface area (Å²) in [5.41, 5.74) is 1.73. The lowest BCUT2D eigenvalue weighted by molar-refractivity contribution is -0.137. The van der Waals surface area contributed by atoms with Crippen LogP contribution in [0.1, 0.15) is 36.6 Å². The molecule has 0 radical (unpaired) electrons. The summed E-state index contributed by atoms with van der Waals surface area (Å²) in [7, 11) is 0. The number of carbonyl (C=O) groups excluding carboxylic acids is 1. The number of carbonyl (C=O) groups is 1. The van der Waals surface area contributed by atoms with Crippen LogP contribution >= 0.6 is 0 Å². The van der Waals surface area contributed by atoms with Gasteiger partial charge in [0.1, 0.15) is 11.6 Å². The van der Waals surface area contributed by atoms with E-state index in [1.807, 2.05) is 6.92 Å². The first-order valence-electron chi connectivity index (χ1n) is 13.2. The van der Waals surface area contributed by atoms with E-state index in [-0.39, 0.29) is 24.4 Å². The van der Waals surface area contributed by atoms with Gasteiger partial charge < -0.3 is 20.0 Å². The number of halogens is 4. The van der Waals surface area contributed by atoms with Crippen LogP contribution in [0.2, 0.25) is 0 Å². The fourth-order valence-electron chi connectivity index (χ4n) is 4.98. The van der Waals surface area contributed by atoms with Gasteiger partial charge in [-0.1, -0.05) is 13.0 Å². The second-order valence-corrected chi connectivity index (χ2v) is 10.1. The van der Waals surface area contributed by atoms with E-state index in [0.29, 0.717) is 11.4 Å². The Morgan fingerprint density at radius 3 is 2.36 bits per heavy atom. The van der Waals surface area contributed by atoms with Crippen molar-refractivity contribution < 1.29 is 22.4 Å². The SMILES string of the molecule is CCN1CCN(c2c(CN(C(=O)Nc3ccc(C(F)(F)F)cc3)C3CC3)c(C)nn2-c2cccc(F)c2)CC1. The van der Waals surface area contributed by atoms with Gasteiger partial charge in [0, 0.05) is 43.5 Å². The predicted octanol–water partition coefficient (Wildman–Crippen LogP) is 5.68. The van der Waals surface area contributed by atoms with Crippen molar-refractivity contribution in [3.63, 3.8) is 0 Å². The maximum absolute atomic E-state index is 14.2. The van der Waals surface area contributed by atoms with Gasteiger partial charge in [0.05, 0.1) is 23.5 Å². The van der Waals surface area contributed by atoms with Gasteiger partial charge in [0.2, 0.25) is 0 Å². The van der Waals surface area contributed by atoms with Crippen LogP contribution in [0.25, 0.3) is 5.69 Å². The highest BCUT2D eigenvalue weighted by molar-refractivity contribution is 5.90. The molecule has 1 aliphatic carbocycles. The molecule has 2 fully saturated rings.